The first-order chi connectivity index (χ1) is 8.97. The number of aliphatic hydroxyl groups is 1. The number of aliphatic hydroxyl groups excluding tert-OH is 1. The quantitative estimate of drug-likeness (QED) is 0.671. The molecule has 2 fully saturated rings. The summed E-state index contributed by atoms with van der Waals surface area (Å²) in [6, 6.07) is 0. The van der Waals surface area contributed by atoms with Crippen molar-refractivity contribution in [3.63, 3.8) is 0 Å². The van der Waals surface area contributed by atoms with E-state index in [2.05, 4.69) is 5.32 Å². The minimum atomic E-state index is -0.860. The Morgan fingerprint density at radius 3 is 2.42 bits per heavy atom. The molecule has 0 saturated heterocycles. The highest BCUT2D eigenvalue weighted by Gasteiger charge is 2.44. The molecule has 0 radical (unpaired) electrons. The van der Waals surface area contributed by atoms with Gasteiger partial charge in [-0.25, -0.2) is 0 Å². The molecule has 108 valence electrons. The fourth-order valence-corrected chi connectivity index (χ4v) is 3.19. The van der Waals surface area contributed by atoms with Crippen LogP contribution in [0.15, 0.2) is 0 Å². The highest BCUT2D eigenvalue weighted by Crippen LogP contribution is 2.48. The Hall–Kier alpha value is -1.10. The molecule has 0 aromatic rings. The van der Waals surface area contributed by atoms with Crippen LogP contribution in [-0.4, -0.2) is 35.2 Å². The molecular weight excluding hydrogens is 246 g/mol. The second kappa shape index (κ2) is 5.49. The zero-order chi connectivity index (χ0) is 14.0. The number of carboxylic acids is 1. The van der Waals surface area contributed by atoms with Crippen LogP contribution in [0.25, 0.3) is 0 Å². The van der Waals surface area contributed by atoms with Crippen molar-refractivity contribution in [3.05, 3.63) is 0 Å². The number of aliphatic carboxylic acids is 1. The molecule has 3 unspecified atom stereocenters. The second-order valence-corrected chi connectivity index (χ2v) is 6.32. The molecule has 0 bridgehead atoms. The summed E-state index contributed by atoms with van der Waals surface area (Å²) in [7, 11) is 0. The van der Waals surface area contributed by atoms with Crippen LogP contribution in [0, 0.1) is 23.2 Å². The molecule has 3 atom stereocenters. The van der Waals surface area contributed by atoms with Crippen molar-refractivity contribution < 1.29 is 19.8 Å². The van der Waals surface area contributed by atoms with Crippen LogP contribution in [0.4, 0.5) is 0 Å². The lowest BCUT2D eigenvalue weighted by atomic mass is 9.94. The van der Waals surface area contributed by atoms with E-state index in [0.29, 0.717) is 25.3 Å². The van der Waals surface area contributed by atoms with Crippen molar-refractivity contribution in [2.75, 3.05) is 13.2 Å². The second-order valence-electron chi connectivity index (χ2n) is 6.32. The van der Waals surface area contributed by atoms with Crippen molar-refractivity contribution in [2.24, 2.45) is 23.2 Å². The molecular formula is C14H23NO4. The minimum absolute atomic E-state index is 0.0767. The molecule has 0 spiro atoms. The predicted octanol–water partition coefficient (Wildman–Crippen LogP) is 1.01. The highest BCUT2D eigenvalue weighted by atomic mass is 16.4. The largest absolute Gasteiger partial charge is 0.481 e. The van der Waals surface area contributed by atoms with Gasteiger partial charge in [-0.1, -0.05) is 6.92 Å². The van der Waals surface area contributed by atoms with Crippen LogP contribution in [0.1, 0.15) is 39.0 Å². The molecule has 2 rings (SSSR count). The average molecular weight is 269 g/mol. The molecule has 2 aliphatic rings. The standard InChI is InChI=1S/C14H23NO4/c1-9-6-10(11(7-9)13(18)19)12(17)15-8-14(2-3-14)4-5-16/h9-11,16H,2-8H2,1H3,(H,15,17)(H,18,19). The van der Waals surface area contributed by atoms with E-state index < -0.39 is 17.8 Å². The van der Waals surface area contributed by atoms with Gasteiger partial charge < -0.3 is 15.5 Å². The van der Waals surface area contributed by atoms with Crippen molar-refractivity contribution in [1.29, 1.82) is 0 Å². The Kier molecular flexibility index (Phi) is 4.13. The highest BCUT2D eigenvalue weighted by molar-refractivity contribution is 5.85. The molecule has 2 saturated carbocycles. The van der Waals surface area contributed by atoms with Gasteiger partial charge in [-0.05, 0) is 43.4 Å². The van der Waals surface area contributed by atoms with E-state index in [1.165, 1.54) is 0 Å². The van der Waals surface area contributed by atoms with Gasteiger partial charge in [-0.2, -0.15) is 0 Å². The molecule has 0 aliphatic heterocycles. The summed E-state index contributed by atoms with van der Waals surface area (Å²) in [6.45, 7) is 2.72. The lowest BCUT2D eigenvalue weighted by Gasteiger charge is -2.19. The number of carbonyl (C=O) groups is 2. The summed E-state index contributed by atoms with van der Waals surface area (Å²) >= 11 is 0. The van der Waals surface area contributed by atoms with E-state index in [1.54, 1.807) is 0 Å². The third-order valence-corrected chi connectivity index (χ3v) is 4.69. The van der Waals surface area contributed by atoms with Gasteiger partial charge in [-0.15, -0.1) is 0 Å². The van der Waals surface area contributed by atoms with Gasteiger partial charge in [0.05, 0.1) is 11.8 Å². The number of amides is 1. The van der Waals surface area contributed by atoms with Gasteiger partial charge in [0.1, 0.15) is 0 Å². The molecule has 0 aromatic heterocycles. The van der Waals surface area contributed by atoms with E-state index in [1.807, 2.05) is 6.92 Å². The molecule has 0 heterocycles. The normalized spacial score (nSPS) is 32.0. The summed E-state index contributed by atoms with van der Waals surface area (Å²) in [5.74, 6) is -1.62. The third-order valence-electron chi connectivity index (χ3n) is 4.69. The summed E-state index contributed by atoms with van der Waals surface area (Å²) in [4.78, 5) is 23.3. The Bertz CT molecular complexity index is 364. The fraction of sp³-hybridized carbons (Fsp3) is 0.857. The first kappa shape index (κ1) is 14.3. The van der Waals surface area contributed by atoms with Crippen LogP contribution >= 0.6 is 0 Å². The van der Waals surface area contributed by atoms with Crippen LogP contribution in [0.5, 0.6) is 0 Å². The Morgan fingerprint density at radius 2 is 1.89 bits per heavy atom. The van der Waals surface area contributed by atoms with Gasteiger partial charge in [-0.3, -0.25) is 9.59 Å². The number of rotatable bonds is 6. The monoisotopic (exact) mass is 269 g/mol. The van der Waals surface area contributed by atoms with E-state index >= 15 is 0 Å². The predicted molar refractivity (Wildman–Crippen MR) is 69.4 cm³/mol. The summed E-state index contributed by atoms with van der Waals surface area (Å²) in [6.07, 6.45) is 4.05. The smallest absolute Gasteiger partial charge is 0.307 e. The zero-order valence-electron chi connectivity index (χ0n) is 11.4. The SMILES string of the molecule is CC1CC(C(=O)O)C(C(=O)NCC2(CCO)CC2)C1. The Labute approximate surface area is 113 Å². The molecule has 2 aliphatic carbocycles. The minimum Gasteiger partial charge on any atom is -0.481 e. The summed E-state index contributed by atoms with van der Waals surface area (Å²) in [5, 5.41) is 21.0. The number of carbonyl (C=O) groups excluding carboxylic acids is 1. The van der Waals surface area contributed by atoms with Crippen LogP contribution < -0.4 is 5.32 Å². The molecule has 3 N–H and O–H groups in total. The molecule has 0 aromatic carbocycles. The van der Waals surface area contributed by atoms with Crippen LogP contribution in [0.2, 0.25) is 0 Å². The fourth-order valence-electron chi connectivity index (χ4n) is 3.19. The number of hydrogen-bond donors (Lipinski definition) is 3. The van der Waals surface area contributed by atoms with Crippen LogP contribution in [-0.2, 0) is 9.59 Å². The lowest BCUT2D eigenvalue weighted by Crippen LogP contribution is -2.38. The van der Waals surface area contributed by atoms with Gasteiger partial charge in [0.15, 0.2) is 0 Å². The van der Waals surface area contributed by atoms with E-state index in [4.69, 9.17) is 10.2 Å². The topological polar surface area (TPSA) is 86.6 Å². The number of carboxylic acid groups (broad SMARTS) is 1. The van der Waals surface area contributed by atoms with Gasteiger partial charge >= 0.3 is 5.97 Å². The van der Waals surface area contributed by atoms with Crippen LogP contribution in [0.3, 0.4) is 0 Å². The van der Waals surface area contributed by atoms with Gasteiger partial charge in [0.25, 0.3) is 0 Å². The summed E-state index contributed by atoms with van der Waals surface area (Å²) < 4.78 is 0. The Balaban J connectivity index is 1.87. The van der Waals surface area contributed by atoms with Gasteiger partial charge in [0, 0.05) is 13.2 Å². The molecule has 1 amide bonds. The van der Waals surface area contributed by atoms with Crippen molar-refractivity contribution >= 4 is 11.9 Å². The van der Waals surface area contributed by atoms with Crippen molar-refractivity contribution in [3.8, 4) is 0 Å². The first-order valence-electron chi connectivity index (χ1n) is 7.09. The molecule has 19 heavy (non-hydrogen) atoms. The molecule has 5 heteroatoms. The van der Waals surface area contributed by atoms with Crippen molar-refractivity contribution in [1.82, 2.24) is 5.32 Å². The zero-order valence-corrected chi connectivity index (χ0v) is 11.4. The Morgan fingerprint density at radius 1 is 1.26 bits per heavy atom. The van der Waals surface area contributed by atoms with Gasteiger partial charge in [0.2, 0.25) is 5.91 Å². The average Bonchev–Trinajstić information content (AvgIpc) is 3.00. The van der Waals surface area contributed by atoms with E-state index in [0.717, 1.165) is 19.3 Å². The maximum absolute atomic E-state index is 12.1. The lowest BCUT2D eigenvalue weighted by molar-refractivity contribution is -0.146. The number of nitrogens with one attached hydrogen (secondary N) is 1. The van der Waals surface area contributed by atoms with E-state index in [9.17, 15) is 9.59 Å². The first-order valence-corrected chi connectivity index (χ1v) is 7.09. The summed E-state index contributed by atoms with van der Waals surface area (Å²) in [5.41, 5.74) is 0.0767. The third kappa shape index (κ3) is 3.26. The maximum Gasteiger partial charge on any atom is 0.307 e. The van der Waals surface area contributed by atoms with Crippen molar-refractivity contribution in [2.45, 2.75) is 39.0 Å². The molecule has 5 nitrogen and oxygen atoms in total. The maximum atomic E-state index is 12.1. The van der Waals surface area contributed by atoms with E-state index in [-0.39, 0.29) is 17.9 Å². The number of hydrogen-bond acceptors (Lipinski definition) is 3.